The van der Waals surface area contributed by atoms with Gasteiger partial charge in [-0.15, -0.1) is 0 Å². The fourth-order valence-corrected chi connectivity index (χ4v) is 3.50. The molecule has 2 aromatic rings. The van der Waals surface area contributed by atoms with Gasteiger partial charge in [-0.3, -0.25) is 14.5 Å². The maximum Gasteiger partial charge on any atom is 0.243 e. The van der Waals surface area contributed by atoms with E-state index in [-0.39, 0.29) is 11.8 Å². The van der Waals surface area contributed by atoms with E-state index in [2.05, 4.69) is 5.32 Å². The molecule has 1 atom stereocenters. The molecule has 2 amide bonds. The van der Waals surface area contributed by atoms with Gasteiger partial charge in [-0.2, -0.15) is 0 Å². The van der Waals surface area contributed by atoms with Gasteiger partial charge in [0.1, 0.15) is 17.5 Å². The first-order valence-electron chi connectivity index (χ1n) is 8.91. The molecule has 1 N–H and O–H groups in total. The summed E-state index contributed by atoms with van der Waals surface area (Å²) >= 11 is 0. The Balaban J connectivity index is 1.66. The predicted octanol–water partition coefficient (Wildman–Crippen LogP) is 2.34. The Morgan fingerprint density at radius 3 is 2.63 bits per heavy atom. The lowest BCUT2D eigenvalue weighted by Crippen LogP contribution is -2.47. The summed E-state index contributed by atoms with van der Waals surface area (Å²) in [5, 5.41) is 2.95. The topological polar surface area (TPSA) is 67.9 Å². The zero-order valence-corrected chi connectivity index (χ0v) is 15.8. The van der Waals surface area contributed by atoms with Crippen molar-refractivity contribution >= 4 is 17.5 Å². The standard InChI is InChI=1S/C21H24N2O4/c1-14(24)23-18-7-5-4-6-15(18)13-19(23)21(25)22-11-10-16-12-17(26-2)8-9-20(16)27-3/h4-9,12,19H,10-11,13H2,1-3H3,(H,22,25). The molecule has 1 aliphatic heterocycles. The molecule has 1 unspecified atom stereocenters. The summed E-state index contributed by atoms with van der Waals surface area (Å²) in [4.78, 5) is 26.4. The van der Waals surface area contributed by atoms with Gasteiger partial charge < -0.3 is 14.8 Å². The molecular formula is C21H24N2O4. The van der Waals surface area contributed by atoms with Crippen LogP contribution < -0.4 is 19.7 Å². The summed E-state index contributed by atoms with van der Waals surface area (Å²) < 4.78 is 10.6. The average molecular weight is 368 g/mol. The van der Waals surface area contributed by atoms with Crippen LogP contribution in [0.25, 0.3) is 0 Å². The zero-order chi connectivity index (χ0) is 19.4. The Hall–Kier alpha value is -3.02. The molecule has 0 bridgehead atoms. The number of carbonyl (C=O) groups is 2. The van der Waals surface area contributed by atoms with Gasteiger partial charge in [0.25, 0.3) is 0 Å². The van der Waals surface area contributed by atoms with Crippen molar-refractivity contribution in [1.29, 1.82) is 0 Å². The zero-order valence-electron chi connectivity index (χ0n) is 15.8. The fraction of sp³-hybridized carbons (Fsp3) is 0.333. The van der Waals surface area contributed by atoms with Crippen LogP contribution in [0.5, 0.6) is 11.5 Å². The van der Waals surface area contributed by atoms with Gasteiger partial charge in [0, 0.05) is 25.6 Å². The van der Waals surface area contributed by atoms with Crippen LogP contribution in [0.4, 0.5) is 5.69 Å². The number of fused-ring (bicyclic) bond motifs is 1. The van der Waals surface area contributed by atoms with Crippen molar-refractivity contribution < 1.29 is 19.1 Å². The van der Waals surface area contributed by atoms with Crippen LogP contribution in [0.3, 0.4) is 0 Å². The maximum atomic E-state index is 12.7. The number of para-hydroxylation sites is 1. The Kier molecular flexibility index (Phi) is 5.64. The lowest BCUT2D eigenvalue weighted by atomic mass is 10.1. The molecule has 3 rings (SSSR count). The number of nitrogens with one attached hydrogen (secondary N) is 1. The fourth-order valence-electron chi connectivity index (χ4n) is 3.50. The van der Waals surface area contributed by atoms with Crippen molar-refractivity contribution in [2.45, 2.75) is 25.8 Å². The van der Waals surface area contributed by atoms with E-state index in [0.29, 0.717) is 19.4 Å². The SMILES string of the molecule is COc1ccc(OC)c(CCNC(=O)C2Cc3ccccc3N2C(C)=O)c1. The third-order valence-electron chi connectivity index (χ3n) is 4.80. The second-order valence-corrected chi connectivity index (χ2v) is 6.46. The number of hydrogen-bond donors (Lipinski definition) is 1. The van der Waals surface area contributed by atoms with Crippen molar-refractivity contribution in [3.05, 3.63) is 53.6 Å². The minimum Gasteiger partial charge on any atom is -0.497 e. The van der Waals surface area contributed by atoms with Gasteiger partial charge >= 0.3 is 0 Å². The second kappa shape index (κ2) is 8.12. The highest BCUT2D eigenvalue weighted by Crippen LogP contribution is 2.32. The Bertz CT molecular complexity index is 850. The first kappa shape index (κ1) is 18.8. The molecule has 6 heteroatoms. The highest BCUT2D eigenvalue weighted by molar-refractivity contribution is 6.02. The van der Waals surface area contributed by atoms with Gasteiger partial charge in [-0.05, 0) is 41.8 Å². The van der Waals surface area contributed by atoms with Crippen LogP contribution in [0.15, 0.2) is 42.5 Å². The lowest BCUT2D eigenvalue weighted by Gasteiger charge is -2.23. The number of rotatable bonds is 6. The van der Waals surface area contributed by atoms with Crippen LogP contribution in [0.2, 0.25) is 0 Å². The van der Waals surface area contributed by atoms with Crippen molar-refractivity contribution in [2.75, 3.05) is 25.7 Å². The summed E-state index contributed by atoms with van der Waals surface area (Å²) in [5.74, 6) is 1.22. The summed E-state index contributed by atoms with van der Waals surface area (Å²) in [6.45, 7) is 1.93. The van der Waals surface area contributed by atoms with Crippen molar-refractivity contribution in [3.63, 3.8) is 0 Å². The number of methoxy groups -OCH3 is 2. The molecule has 0 saturated carbocycles. The molecule has 2 aromatic carbocycles. The summed E-state index contributed by atoms with van der Waals surface area (Å²) in [6.07, 6.45) is 1.13. The Labute approximate surface area is 159 Å². The largest absolute Gasteiger partial charge is 0.497 e. The van der Waals surface area contributed by atoms with Gasteiger partial charge in [0.15, 0.2) is 0 Å². The highest BCUT2D eigenvalue weighted by atomic mass is 16.5. The van der Waals surface area contributed by atoms with E-state index in [9.17, 15) is 9.59 Å². The third-order valence-corrected chi connectivity index (χ3v) is 4.80. The van der Waals surface area contributed by atoms with E-state index in [4.69, 9.17) is 9.47 Å². The van der Waals surface area contributed by atoms with Crippen molar-refractivity contribution in [3.8, 4) is 11.5 Å². The van der Waals surface area contributed by atoms with Gasteiger partial charge in [-0.25, -0.2) is 0 Å². The second-order valence-electron chi connectivity index (χ2n) is 6.46. The number of amides is 2. The summed E-state index contributed by atoms with van der Waals surface area (Å²) in [5.41, 5.74) is 2.79. The van der Waals surface area contributed by atoms with Crippen LogP contribution in [-0.4, -0.2) is 38.6 Å². The molecule has 27 heavy (non-hydrogen) atoms. The number of hydrogen-bond acceptors (Lipinski definition) is 4. The molecule has 0 saturated heterocycles. The predicted molar refractivity (Wildman–Crippen MR) is 103 cm³/mol. The Morgan fingerprint density at radius 1 is 1.15 bits per heavy atom. The number of anilines is 1. The lowest BCUT2D eigenvalue weighted by molar-refractivity contribution is -0.125. The molecule has 0 radical (unpaired) electrons. The van der Waals surface area contributed by atoms with Crippen molar-refractivity contribution in [2.24, 2.45) is 0 Å². The van der Waals surface area contributed by atoms with Gasteiger partial charge in [0.05, 0.1) is 14.2 Å². The average Bonchev–Trinajstić information content (AvgIpc) is 3.07. The van der Waals surface area contributed by atoms with E-state index >= 15 is 0 Å². The maximum absolute atomic E-state index is 12.7. The van der Waals surface area contributed by atoms with E-state index < -0.39 is 6.04 Å². The third kappa shape index (κ3) is 3.89. The van der Waals surface area contributed by atoms with Crippen LogP contribution >= 0.6 is 0 Å². The number of ether oxygens (including phenoxy) is 2. The smallest absolute Gasteiger partial charge is 0.243 e. The number of nitrogens with zero attached hydrogens (tertiary/aromatic N) is 1. The van der Waals surface area contributed by atoms with Crippen molar-refractivity contribution in [1.82, 2.24) is 5.32 Å². The van der Waals surface area contributed by atoms with Gasteiger partial charge in [0.2, 0.25) is 11.8 Å². The molecule has 142 valence electrons. The first-order chi connectivity index (χ1) is 13.0. The van der Waals surface area contributed by atoms with E-state index in [1.54, 1.807) is 19.1 Å². The molecule has 6 nitrogen and oxygen atoms in total. The highest BCUT2D eigenvalue weighted by Gasteiger charge is 2.36. The minimum atomic E-state index is -0.507. The molecular weight excluding hydrogens is 344 g/mol. The summed E-state index contributed by atoms with van der Waals surface area (Å²) in [6, 6.07) is 12.7. The first-order valence-corrected chi connectivity index (χ1v) is 8.91. The molecule has 1 heterocycles. The Morgan fingerprint density at radius 2 is 1.93 bits per heavy atom. The summed E-state index contributed by atoms with van der Waals surface area (Å²) in [7, 11) is 3.23. The molecule has 0 aromatic heterocycles. The van der Waals surface area contributed by atoms with Crippen LogP contribution in [0.1, 0.15) is 18.1 Å². The normalized spacial score (nSPS) is 15.2. The number of benzene rings is 2. The van der Waals surface area contributed by atoms with E-state index in [1.165, 1.54) is 6.92 Å². The van der Waals surface area contributed by atoms with Gasteiger partial charge in [-0.1, -0.05) is 18.2 Å². The molecule has 1 aliphatic rings. The van der Waals surface area contributed by atoms with E-state index in [1.807, 2.05) is 42.5 Å². The minimum absolute atomic E-state index is 0.130. The quantitative estimate of drug-likeness (QED) is 0.850. The van der Waals surface area contributed by atoms with Crippen LogP contribution in [-0.2, 0) is 22.4 Å². The number of carbonyl (C=O) groups excluding carboxylic acids is 2. The molecule has 0 fully saturated rings. The molecule has 0 spiro atoms. The van der Waals surface area contributed by atoms with E-state index in [0.717, 1.165) is 28.3 Å². The van der Waals surface area contributed by atoms with Crippen LogP contribution in [0, 0.1) is 0 Å². The molecule has 0 aliphatic carbocycles. The monoisotopic (exact) mass is 368 g/mol.